The van der Waals surface area contributed by atoms with Gasteiger partial charge in [-0.05, 0) is 12.1 Å². The quantitative estimate of drug-likeness (QED) is 0.794. The normalized spacial score (nSPS) is 10.2. The van der Waals surface area contributed by atoms with Crippen LogP contribution in [0.1, 0.15) is 0 Å². The third-order valence-electron chi connectivity index (χ3n) is 2.67. The largest absolute Gasteiger partial charge is 0.496 e. The molecule has 0 aliphatic rings. The summed E-state index contributed by atoms with van der Waals surface area (Å²) in [6.07, 6.45) is 3.15. The number of methoxy groups -OCH3 is 1. The number of nitrogens with one attached hydrogen (secondary N) is 1. The highest BCUT2D eigenvalue weighted by atomic mass is 32.1. The fraction of sp³-hybridized carbons (Fsp3) is 0.0769. The second-order valence-corrected chi connectivity index (χ2v) is 4.46. The van der Waals surface area contributed by atoms with Gasteiger partial charge in [-0.3, -0.25) is 0 Å². The fourth-order valence-electron chi connectivity index (χ4n) is 1.78. The van der Waals surface area contributed by atoms with Crippen LogP contribution in [-0.2, 0) is 0 Å². The average Bonchev–Trinajstić information content (AvgIpc) is 3.00. The first kappa shape index (κ1) is 12.5. The van der Waals surface area contributed by atoms with Gasteiger partial charge in [0.15, 0.2) is 5.82 Å². The Bertz CT molecular complexity index is 701. The first-order valence-corrected chi connectivity index (χ1v) is 6.60. The van der Waals surface area contributed by atoms with Crippen molar-refractivity contribution in [1.82, 2.24) is 18.7 Å². The van der Waals surface area contributed by atoms with Crippen molar-refractivity contribution >= 4 is 23.4 Å². The lowest BCUT2D eigenvalue weighted by molar-refractivity contribution is 0.416. The van der Waals surface area contributed by atoms with E-state index < -0.39 is 0 Å². The number of rotatable bonds is 4. The first-order valence-electron chi connectivity index (χ1n) is 5.87. The third kappa shape index (κ3) is 2.57. The predicted molar refractivity (Wildman–Crippen MR) is 77.2 cm³/mol. The van der Waals surface area contributed by atoms with Gasteiger partial charge in [0, 0.05) is 11.6 Å². The molecule has 20 heavy (non-hydrogen) atoms. The monoisotopic (exact) mass is 285 g/mol. The van der Waals surface area contributed by atoms with Crippen LogP contribution in [0, 0.1) is 0 Å². The lowest BCUT2D eigenvalue weighted by Gasteiger charge is -2.08. The maximum absolute atomic E-state index is 5.34. The summed E-state index contributed by atoms with van der Waals surface area (Å²) < 4.78 is 13.4. The van der Waals surface area contributed by atoms with Crippen LogP contribution in [0.25, 0.3) is 11.3 Å². The Hall–Kier alpha value is -2.54. The molecular formula is C13H11N5OS. The summed E-state index contributed by atoms with van der Waals surface area (Å²) in [5.41, 5.74) is 1.69. The fourth-order valence-corrected chi connectivity index (χ4v) is 2.16. The summed E-state index contributed by atoms with van der Waals surface area (Å²) in [7, 11) is 1.64. The smallest absolute Gasteiger partial charge is 0.165 e. The molecule has 0 radical (unpaired) electrons. The van der Waals surface area contributed by atoms with Crippen LogP contribution in [0.5, 0.6) is 5.75 Å². The van der Waals surface area contributed by atoms with E-state index in [1.807, 2.05) is 30.3 Å². The highest BCUT2D eigenvalue weighted by molar-refractivity contribution is 6.99. The molecule has 0 saturated carbocycles. The molecule has 1 aromatic carbocycles. The number of nitrogens with zero attached hydrogens (tertiary/aromatic N) is 4. The lowest BCUT2D eigenvalue weighted by atomic mass is 10.1. The Labute approximate surface area is 119 Å². The maximum atomic E-state index is 5.34. The zero-order chi connectivity index (χ0) is 13.8. The number of anilines is 2. The summed E-state index contributed by atoms with van der Waals surface area (Å²) in [6.45, 7) is 0. The minimum atomic E-state index is 0.661. The molecule has 0 unspecified atom stereocenters. The van der Waals surface area contributed by atoms with Crippen LogP contribution in [0.3, 0.4) is 0 Å². The number of hydrogen-bond donors (Lipinski definition) is 1. The molecule has 0 atom stereocenters. The molecule has 2 heterocycles. The molecule has 3 rings (SSSR count). The van der Waals surface area contributed by atoms with Gasteiger partial charge in [0.1, 0.15) is 17.9 Å². The van der Waals surface area contributed by atoms with Crippen molar-refractivity contribution in [3.63, 3.8) is 0 Å². The van der Waals surface area contributed by atoms with E-state index in [-0.39, 0.29) is 0 Å². The van der Waals surface area contributed by atoms with Crippen LogP contribution in [0.4, 0.5) is 11.6 Å². The van der Waals surface area contributed by atoms with E-state index in [0.29, 0.717) is 11.6 Å². The molecule has 0 aliphatic carbocycles. The maximum Gasteiger partial charge on any atom is 0.165 e. The molecule has 0 fully saturated rings. The molecule has 3 aromatic rings. The zero-order valence-electron chi connectivity index (χ0n) is 10.6. The second kappa shape index (κ2) is 5.62. The molecule has 0 bridgehead atoms. The second-order valence-electron chi connectivity index (χ2n) is 3.91. The van der Waals surface area contributed by atoms with E-state index in [0.717, 1.165) is 28.7 Å². The van der Waals surface area contributed by atoms with Gasteiger partial charge in [0.2, 0.25) is 0 Å². The van der Waals surface area contributed by atoms with E-state index in [9.17, 15) is 0 Å². The molecule has 0 saturated heterocycles. The highest BCUT2D eigenvalue weighted by Crippen LogP contribution is 2.29. The Morgan fingerprint density at radius 1 is 1.15 bits per heavy atom. The molecule has 7 heteroatoms. The summed E-state index contributed by atoms with van der Waals surface area (Å²) in [5, 5.41) is 3.08. The molecule has 0 spiro atoms. The highest BCUT2D eigenvalue weighted by Gasteiger charge is 2.08. The van der Waals surface area contributed by atoms with Crippen molar-refractivity contribution in [2.24, 2.45) is 0 Å². The Morgan fingerprint density at radius 2 is 2.05 bits per heavy atom. The molecular weight excluding hydrogens is 274 g/mol. The number of benzene rings is 1. The summed E-state index contributed by atoms with van der Waals surface area (Å²) >= 11 is 1.14. The van der Waals surface area contributed by atoms with Gasteiger partial charge in [-0.25, -0.2) is 9.97 Å². The van der Waals surface area contributed by atoms with Gasteiger partial charge >= 0.3 is 0 Å². The standard InChI is InChI=1S/C13H11N5OS/c1-19-11-5-3-2-4-9(11)10-6-12(15-8-14-10)17-13-7-16-20-18-13/h2-8H,1H3,(H,14,15,17,18). The topological polar surface area (TPSA) is 72.8 Å². The van der Waals surface area contributed by atoms with Gasteiger partial charge < -0.3 is 10.1 Å². The molecule has 0 aliphatic heterocycles. The first-order chi connectivity index (χ1) is 9.86. The number of hydrogen-bond acceptors (Lipinski definition) is 7. The number of aromatic nitrogens is 4. The van der Waals surface area contributed by atoms with E-state index in [4.69, 9.17) is 4.74 Å². The van der Waals surface area contributed by atoms with Crippen LogP contribution in [0.15, 0.2) is 42.9 Å². The van der Waals surface area contributed by atoms with Crippen molar-refractivity contribution in [2.75, 3.05) is 12.4 Å². The van der Waals surface area contributed by atoms with Crippen molar-refractivity contribution in [3.8, 4) is 17.0 Å². The van der Waals surface area contributed by atoms with Crippen molar-refractivity contribution in [2.45, 2.75) is 0 Å². The minimum Gasteiger partial charge on any atom is -0.496 e. The summed E-state index contributed by atoms with van der Waals surface area (Å²) in [5.74, 6) is 2.10. The Morgan fingerprint density at radius 3 is 2.85 bits per heavy atom. The van der Waals surface area contributed by atoms with Crippen LogP contribution >= 0.6 is 11.7 Å². The van der Waals surface area contributed by atoms with Gasteiger partial charge in [-0.15, -0.1) is 0 Å². The summed E-state index contributed by atoms with van der Waals surface area (Å²) in [6, 6.07) is 9.56. The molecule has 1 N–H and O–H groups in total. The van der Waals surface area contributed by atoms with Gasteiger partial charge in [-0.1, -0.05) is 12.1 Å². The van der Waals surface area contributed by atoms with Crippen molar-refractivity contribution in [1.29, 1.82) is 0 Å². The van der Waals surface area contributed by atoms with Crippen LogP contribution in [-0.4, -0.2) is 25.8 Å². The summed E-state index contributed by atoms with van der Waals surface area (Å²) in [4.78, 5) is 8.45. The zero-order valence-corrected chi connectivity index (χ0v) is 11.5. The predicted octanol–water partition coefficient (Wildman–Crippen LogP) is 2.75. The van der Waals surface area contributed by atoms with Crippen molar-refractivity contribution < 1.29 is 4.74 Å². The van der Waals surface area contributed by atoms with Crippen LogP contribution in [0.2, 0.25) is 0 Å². The van der Waals surface area contributed by atoms with Crippen molar-refractivity contribution in [3.05, 3.63) is 42.9 Å². The van der Waals surface area contributed by atoms with Gasteiger partial charge in [-0.2, -0.15) is 8.75 Å². The number of para-hydroxylation sites is 1. The Balaban J connectivity index is 1.94. The minimum absolute atomic E-state index is 0.661. The Kier molecular flexibility index (Phi) is 3.51. The van der Waals surface area contributed by atoms with E-state index >= 15 is 0 Å². The number of ether oxygens (including phenoxy) is 1. The molecule has 0 amide bonds. The molecule has 2 aromatic heterocycles. The third-order valence-corrected chi connectivity index (χ3v) is 3.15. The molecule has 100 valence electrons. The van der Waals surface area contributed by atoms with Crippen LogP contribution < -0.4 is 10.1 Å². The van der Waals surface area contributed by atoms with E-state index in [1.54, 1.807) is 13.3 Å². The van der Waals surface area contributed by atoms with Gasteiger partial charge in [0.25, 0.3) is 0 Å². The SMILES string of the molecule is COc1ccccc1-c1cc(Nc2cnsn2)ncn1. The van der Waals surface area contributed by atoms with Gasteiger partial charge in [0.05, 0.1) is 30.7 Å². The van der Waals surface area contributed by atoms with E-state index in [2.05, 4.69) is 24.0 Å². The van der Waals surface area contributed by atoms with E-state index in [1.165, 1.54) is 6.33 Å². The molecule has 6 nitrogen and oxygen atoms in total. The lowest BCUT2D eigenvalue weighted by Crippen LogP contribution is -1.96. The average molecular weight is 285 g/mol.